The Kier molecular flexibility index (Phi) is 5.20. The van der Waals surface area contributed by atoms with Gasteiger partial charge in [0.2, 0.25) is 10.0 Å². The SMILES string of the molecule is CC1(CNS(=O)(=O)c2cc(F)c(Cl)c(CO)c2)CCCS1. The molecule has 1 heterocycles. The van der Waals surface area contributed by atoms with Crippen molar-refractivity contribution in [1.29, 1.82) is 0 Å². The molecule has 0 aliphatic carbocycles. The first-order valence-electron chi connectivity index (χ1n) is 6.50. The minimum absolute atomic E-state index is 0.0542. The van der Waals surface area contributed by atoms with Crippen molar-refractivity contribution in [3.05, 3.63) is 28.5 Å². The highest BCUT2D eigenvalue weighted by Gasteiger charge is 2.31. The van der Waals surface area contributed by atoms with E-state index < -0.39 is 22.4 Å². The van der Waals surface area contributed by atoms with E-state index in [1.165, 1.54) is 6.07 Å². The predicted octanol–water partition coefficient (Wildman–Crippen LogP) is 2.54. The summed E-state index contributed by atoms with van der Waals surface area (Å²) in [6.45, 7) is 1.78. The largest absolute Gasteiger partial charge is 0.392 e. The van der Waals surface area contributed by atoms with Gasteiger partial charge in [-0.05, 0) is 37.7 Å². The molecule has 1 aromatic rings. The van der Waals surface area contributed by atoms with Gasteiger partial charge in [0.1, 0.15) is 5.82 Å². The van der Waals surface area contributed by atoms with E-state index in [2.05, 4.69) is 4.72 Å². The molecule has 21 heavy (non-hydrogen) atoms. The van der Waals surface area contributed by atoms with Crippen LogP contribution < -0.4 is 4.72 Å². The number of aliphatic hydroxyl groups excluding tert-OH is 1. The molecule has 1 aromatic carbocycles. The lowest BCUT2D eigenvalue weighted by Crippen LogP contribution is -2.36. The summed E-state index contributed by atoms with van der Waals surface area (Å²) >= 11 is 7.40. The Morgan fingerprint density at radius 2 is 2.24 bits per heavy atom. The summed E-state index contributed by atoms with van der Waals surface area (Å²) in [4.78, 5) is -0.222. The Bertz CT molecular complexity index is 631. The van der Waals surface area contributed by atoms with Crippen molar-refractivity contribution in [2.45, 2.75) is 36.0 Å². The second kappa shape index (κ2) is 6.42. The molecule has 1 atom stereocenters. The summed E-state index contributed by atoms with van der Waals surface area (Å²) in [5.41, 5.74) is 0.0542. The second-order valence-corrected chi connectivity index (χ2v) is 9.09. The lowest BCUT2D eigenvalue weighted by Gasteiger charge is -2.22. The Labute approximate surface area is 133 Å². The molecule has 2 rings (SSSR count). The van der Waals surface area contributed by atoms with Crippen molar-refractivity contribution in [3.8, 4) is 0 Å². The van der Waals surface area contributed by atoms with E-state index in [-0.39, 0.29) is 20.2 Å². The fraction of sp³-hybridized carbons (Fsp3) is 0.538. The van der Waals surface area contributed by atoms with Crippen LogP contribution >= 0.6 is 23.4 Å². The number of halogens is 2. The van der Waals surface area contributed by atoms with Crippen molar-refractivity contribution in [3.63, 3.8) is 0 Å². The number of hydrogen-bond acceptors (Lipinski definition) is 4. The van der Waals surface area contributed by atoms with E-state index >= 15 is 0 Å². The zero-order valence-electron chi connectivity index (χ0n) is 11.5. The second-order valence-electron chi connectivity index (χ2n) is 5.26. The lowest BCUT2D eigenvalue weighted by molar-refractivity contribution is 0.281. The molecule has 2 N–H and O–H groups in total. The maximum atomic E-state index is 13.6. The normalized spacial score (nSPS) is 22.7. The maximum absolute atomic E-state index is 13.6. The molecule has 4 nitrogen and oxygen atoms in total. The van der Waals surface area contributed by atoms with E-state index in [4.69, 9.17) is 16.7 Å². The number of thioether (sulfide) groups is 1. The molecule has 0 spiro atoms. The Morgan fingerprint density at radius 3 is 2.81 bits per heavy atom. The minimum Gasteiger partial charge on any atom is -0.392 e. The highest BCUT2D eigenvalue weighted by molar-refractivity contribution is 8.01. The third kappa shape index (κ3) is 3.90. The van der Waals surface area contributed by atoms with Crippen molar-refractivity contribution < 1.29 is 17.9 Å². The fourth-order valence-corrected chi connectivity index (χ4v) is 4.93. The Morgan fingerprint density at radius 1 is 1.52 bits per heavy atom. The number of hydrogen-bond donors (Lipinski definition) is 2. The van der Waals surface area contributed by atoms with Crippen LogP contribution in [-0.4, -0.2) is 30.6 Å². The summed E-state index contributed by atoms with van der Waals surface area (Å²) in [6.07, 6.45) is 2.00. The molecule has 118 valence electrons. The highest BCUT2D eigenvalue weighted by Crippen LogP contribution is 2.37. The average Bonchev–Trinajstić information content (AvgIpc) is 2.87. The van der Waals surface area contributed by atoms with Gasteiger partial charge in [-0.3, -0.25) is 0 Å². The zero-order chi connectivity index (χ0) is 15.7. The van der Waals surface area contributed by atoms with Crippen LogP contribution in [0.15, 0.2) is 17.0 Å². The minimum atomic E-state index is -3.83. The summed E-state index contributed by atoms with van der Waals surface area (Å²) in [5.74, 6) is 0.160. The summed E-state index contributed by atoms with van der Waals surface area (Å²) in [7, 11) is -3.83. The maximum Gasteiger partial charge on any atom is 0.240 e. The van der Waals surface area contributed by atoms with Crippen molar-refractivity contribution in [1.82, 2.24) is 4.72 Å². The van der Waals surface area contributed by atoms with E-state index in [0.717, 1.165) is 24.7 Å². The van der Waals surface area contributed by atoms with Crippen molar-refractivity contribution in [2.24, 2.45) is 0 Å². The summed E-state index contributed by atoms with van der Waals surface area (Å²) in [5, 5.41) is 8.85. The monoisotopic (exact) mass is 353 g/mol. The topological polar surface area (TPSA) is 66.4 Å². The molecule has 1 saturated heterocycles. The first-order valence-corrected chi connectivity index (χ1v) is 9.34. The molecule has 0 radical (unpaired) electrons. The first kappa shape index (κ1) is 17.0. The van der Waals surface area contributed by atoms with Crippen LogP contribution in [0.4, 0.5) is 4.39 Å². The molecule has 0 saturated carbocycles. The smallest absolute Gasteiger partial charge is 0.240 e. The molecule has 1 aliphatic heterocycles. The Hall–Kier alpha value is -0.340. The number of rotatable bonds is 5. The molecular weight excluding hydrogens is 337 g/mol. The van der Waals surface area contributed by atoms with Gasteiger partial charge in [0.25, 0.3) is 0 Å². The van der Waals surface area contributed by atoms with Gasteiger partial charge < -0.3 is 5.11 Å². The predicted molar refractivity (Wildman–Crippen MR) is 82.6 cm³/mol. The van der Waals surface area contributed by atoms with Crippen molar-refractivity contribution in [2.75, 3.05) is 12.3 Å². The molecule has 0 aromatic heterocycles. The van der Waals surface area contributed by atoms with Gasteiger partial charge in [0.05, 0.1) is 16.5 Å². The van der Waals surface area contributed by atoms with Crippen molar-refractivity contribution >= 4 is 33.4 Å². The standard InChI is InChI=1S/C13H17ClFNO3S2/c1-13(3-2-4-20-13)8-16-21(18,19)10-5-9(7-17)12(14)11(15)6-10/h5-6,16-17H,2-4,7-8H2,1H3. The highest BCUT2D eigenvalue weighted by atomic mass is 35.5. The first-order chi connectivity index (χ1) is 9.77. The number of benzene rings is 1. The van der Waals surface area contributed by atoms with Crippen LogP contribution in [0.5, 0.6) is 0 Å². The molecule has 0 amide bonds. The molecule has 8 heteroatoms. The van der Waals surface area contributed by atoms with E-state index in [1.807, 2.05) is 6.92 Å². The van der Waals surface area contributed by atoms with Crippen LogP contribution in [0.25, 0.3) is 0 Å². The van der Waals surface area contributed by atoms with Gasteiger partial charge in [-0.2, -0.15) is 11.8 Å². The number of sulfonamides is 1. The molecular formula is C13H17ClFNO3S2. The third-order valence-corrected chi connectivity index (χ3v) is 6.84. The summed E-state index contributed by atoms with van der Waals surface area (Å²) in [6, 6.07) is 2.06. The quantitative estimate of drug-likeness (QED) is 0.853. The average molecular weight is 354 g/mol. The molecule has 1 fully saturated rings. The molecule has 0 bridgehead atoms. The zero-order valence-corrected chi connectivity index (χ0v) is 13.9. The molecule has 1 aliphatic rings. The lowest BCUT2D eigenvalue weighted by atomic mass is 10.1. The van der Waals surface area contributed by atoms with Gasteiger partial charge in [0.15, 0.2) is 0 Å². The fourth-order valence-electron chi connectivity index (χ4n) is 2.20. The van der Waals surface area contributed by atoms with Gasteiger partial charge >= 0.3 is 0 Å². The van der Waals surface area contributed by atoms with Gasteiger partial charge in [-0.1, -0.05) is 11.6 Å². The Balaban J connectivity index is 2.21. The number of aliphatic hydroxyl groups is 1. The van der Waals surface area contributed by atoms with Crippen LogP contribution in [0.2, 0.25) is 5.02 Å². The van der Waals surface area contributed by atoms with Crippen LogP contribution in [0, 0.1) is 5.82 Å². The van der Waals surface area contributed by atoms with E-state index in [1.54, 1.807) is 11.8 Å². The molecule has 1 unspecified atom stereocenters. The third-order valence-electron chi connectivity index (χ3n) is 3.49. The van der Waals surface area contributed by atoms with Crippen LogP contribution in [0.3, 0.4) is 0 Å². The van der Waals surface area contributed by atoms with Gasteiger partial charge in [0, 0.05) is 16.9 Å². The number of nitrogens with one attached hydrogen (secondary N) is 1. The van der Waals surface area contributed by atoms with Gasteiger partial charge in [-0.15, -0.1) is 0 Å². The van der Waals surface area contributed by atoms with Crippen LogP contribution in [0.1, 0.15) is 25.3 Å². The summed E-state index contributed by atoms with van der Waals surface area (Å²) < 4.78 is 40.5. The van der Waals surface area contributed by atoms with E-state index in [9.17, 15) is 12.8 Å². The van der Waals surface area contributed by atoms with Gasteiger partial charge in [-0.25, -0.2) is 17.5 Å². The van der Waals surface area contributed by atoms with Crippen LogP contribution in [-0.2, 0) is 16.6 Å². The van der Waals surface area contributed by atoms with E-state index in [0.29, 0.717) is 6.54 Å².